The second kappa shape index (κ2) is 8.42. The third-order valence-electron chi connectivity index (χ3n) is 2.73. The smallest absolute Gasteiger partial charge is 0.327 e. The molecule has 20 heavy (non-hydrogen) atoms. The van der Waals surface area contributed by atoms with Crippen LogP contribution < -0.4 is 0 Å². The molecule has 0 amide bonds. The maximum atomic E-state index is 11.6. The van der Waals surface area contributed by atoms with Crippen molar-refractivity contribution in [2.24, 2.45) is 0 Å². The van der Waals surface area contributed by atoms with Gasteiger partial charge < -0.3 is 9.47 Å². The maximum Gasteiger partial charge on any atom is 0.327 e. The van der Waals surface area contributed by atoms with Crippen molar-refractivity contribution in [3.63, 3.8) is 0 Å². The summed E-state index contributed by atoms with van der Waals surface area (Å²) in [5.41, 5.74) is 0.842. The lowest BCUT2D eigenvalue weighted by Gasteiger charge is -2.06. The second-order valence-corrected chi connectivity index (χ2v) is 4.42. The molecule has 7 heteroatoms. The summed E-state index contributed by atoms with van der Waals surface area (Å²) in [4.78, 5) is 22.8. The van der Waals surface area contributed by atoms with Crippen LogP contribution in [0, 0.1) is 6.92 Å². The third-order valence-corrected chi connectivity index (χ3v) is 2.73. The van der Waals surface area contributed by atoms with E-state index in [-0.39, 0.29) is 24.6 Å². The number of hydrogen-bond donors (Lipinski definition) is 0. The minimum atomic E-state index is -0.424. The van der Waals surface area contributed by atoms with Gasteiger partial charge in [-0.1, -0.05) is 18.6 Å². The molecule has 0 aliphatic heterocycles. The molecule has 0 aromatic carbocycles. The molecular formula is C13H21N3O4. The summed E-state index contributed by atoms with van der Waals surface area (Å²) in [6, 6.07) is 0. The number of carbonyl (C=O) groups is 2. The molecule has 0 saturated heterocycles. The van der Waals surface area contributed by atoms with E-state index in [1.165, 1.54) is 11.6 Å². The Hall–Kier alpha value is -1.76. The fourth-order valence-electron chi connectivity index (χ4n) is 1.57. The van der Waals surface area contributed by atoms with Crippen LogP contribution in [-0.2, 0) is 20.8 Å². The second-order valence-electron chi connectivity index (χ2n) is 4.42. The van der Waals surface area contributed by atoms with Gasteiger partial charge in [0.2, 0.25) is 0 Å². The van der Waals surface area contributed by atoms with E-state index in [4.69, 9.17) is 9.47 Å². The van der Waals surface area contributed by atoms with Gasteiger partial charge in [0.05, 0.1) is 12.3 Å². The first-order chi connectivity index (χ1) is 9.56. The van der Waals surface area contributed by atoms with E-state index in [1.807, 2.05) is 0 Å². The quantitative estimate of drug-likeness (QED) is 0.384. The van der Waals surface area contributed by atoms with E-state index >= 15 is 0 Å². The van der Waals surface area contributed by atoms with E-state index in [1.54, 1.807) is 6.92 Å². The van der Waals surface area contributed by atoms with Crippen molar-refractivity contribution in [3.05, 3.63) is 11.4 Å². The molecule has 1 aromatic heterocycles. The van der Waals surface area contributed by atoms with Crippen LogP contribution in [0.5, 0.6) is 0 Å². The highest BCUT2D eigenvalue weighted by Crippen LogP contribution is 2.04. The molecule has 112 valence electrons. The molecule has 0 aliphatic carbocycles. The fraction of sp³-hybridized carbons (Fsp3) is 0.692. The fourth-order valence-corrected chi connectivity index (χ4v) is 1.57. The van der Waals surface area contributed by atoms with Gasteiger partial charge in [0.25, 0.3) is 0 Å². The van der Waals surface area contributed by atoms with Crippen molar-refractivity contribution in [1.29, 1.82) is 0 Å². The lowest BCUT2D eigenvalue weighted by atomic mass is 10.2. The first kappa shape index (κ1) is 16.3. The highest BCUT2D eigenvalue weighted by Gasteiger charge is 2.15. The van der Waals surface area contributed by atoms with E-state index in [9.17, 15) is 9.59 Å². The van der Waals surface area contributed by atoms with E-state index in [2.05, 4.69) is 17.2 Å². The molecule has 1 rings (SSSR count). The lowest BCUT2D eigenvalue weighted by molar-refractivity contribution is -0.146. The van der Waals surface area contributed by atoms with Crippen LogP contribution in [-0.4, -0.2) is 46.6 Å². The van der Waals surface area contributed by atoms with Gasteiger partial charge in [-0.3, -0.25) is 9.59 Å². The Morgan fingerprint density at radius 1 is 1.25 bits per heavy atom. The Kier molecular flexibility index (Phi) is 6.86. The van der Waals surface area contributed by atoms with Crippen LogP contribution in [0.25, 0.3) is 0 Å². The molecule has 0 spiro atoms. The molecule has 0 saturated carbocycles. The number of esters is 1. The highest BCUT2D eigenvalue weighted by atomic mass is 16.6. The molecule has 1 aromatic rings. The van der Waals surface area contributed by atoms with Gasteiger partial charge in [-0.15, -0.1) is 5.10 Å². The van der Waals surface area contributed by atoms with Crippen LogP contribution in [0.2, 0.25) is 0 Å². The number of unbranched alkanes of at least 4 members (excludes halogenated alkanes) is 1. The van der Waals surface area contributed by atoms with E-state index in [0.717, 1.165) is 12.8 Å². The Labute approximate surface area is 118 Å². The first-order valence-corrected chi connectivity index (χ1v) is 6.70. The summed E-state index contributed by atoms with van der Waals surface area (Å²) in [7, 11) is 0. The highest BCUT2D eigenvalue weighted by molar-refractivity contribution is 5.93. The molecular weight excluding hydrogens is 262 g/mol. The number of aromatic nitrogens is 3. The zero-order valence-electron chi connectivity index (χ0n) is 12.2. The SMILES string of the molecule is CCCCOCCOC(=O)Cn1nnc(C(C)=O)c1C. The van der Waals surface area contributed by atoms with Crippen molar-refractivity contribution in [2.45, 2.75) is 40.2 Å². The van der Waals surface area contributed by atoms with Gasteiger partial charge in [0, 0.05) is 13.5 Å². The molecule has 0 atom stereocenters. The average Bonchev–Trinajstić information content (AvgIpc) is 2.75. The monoisotopic (exact) mass is 283 g/mol. The van der Waals surface area contributed by atoms with Crippen molar-refractivity contribution in [3.8, 4) is 0 Å². The lowest BCUT2D eigenvalue weighted by Crippen LogP contribution is -2.18. The molecule has 0 bridgehead atoms. The average molecular weight is 283 g/mol. The Morgan fingerprint density at radius 3 is 2.60 bits per heavy atom. The van der Waals surface area contributed by atoms with Crippen molar-refractivity contribution < 1.29 is 19.1 Å². The summed E-state index contributed by atoms with van der Waals surface area (Å²) in [5, 5.41) is 7.49. The van der Waals surface area contributed by atoms with E-state index in [0.29, 0.717) is 18.9 Å². The standard InChI is InChI=1S/C13H21N3O4/c1-4-5-6-19-7-8-20-12(18)9-16-10(2)13(11(3)17)14-15-16/h4-9H2,1-3H3. The third kappa shape index (κ3) is 5.08. The topological polar surface area (TPSA) is 83.3 Å². The van der Waals surface area contributed by atoms with Gasteiger partial charge in [-0.05, 0) is 13.3 Å². The zero-order chi connectivity index (χ0) is 15.0. The maximum absolute atomic E-state index is 11.6. The summed E-state index contributed by atoms with van der Waals surface area (Å²) in [6.07, 6.45) is 2.07. The molecule has 1 heterocycles. The predicted octanol–water partition coefficient (Wildman–Crippen LogP) is 1.15. The Bertz CT molecular complexity index is 456. The largest absolute Gasteiger partial charge is 0.462 e. The minimum Gasteiger partial charge on any atom is -0.462 e. The molecule has 0 unspecified atom stereocenters. The van der Waals surface area contributed by atoms with Crippen LogP contribution in [0.3, 0.4) is 0 Å². The number of ketones is 1. The summed E-state index contributed by atoms with van der Waals surface area (Å²) < 4.78 is 11.6. The van der Waals surface area contributed by atoms with Gasteiger partial charge in [0.15, 0.2) is 11.5 Å². The number of Topliss-reactive ketones (excluding diaryl/α,β-unsaturated/α-hetero) is 1. The van der Waals surface area contributed by atoms with Crippen LogP contribution >= 0.6 is 0 Å². The number of hydrogen-bond acceptors (Lipinski definition) is 6. The zero-order valence-corrected chi connectivity index (χ0v) is 12.2. The van der Waals surface area contributed by atoms with Gasteiger partial charge >= 0.3 is 5.97 Å². The Balaban J connectivity index is 2.30. The predicted molar refractivity (Wildman–Crippen MR) is 71.4 cm³/mol. The van der Waals surface area contributed by atoms with Gasteiger partial charge in [-0.2, -0.15) is 0 Å². The number of nitrogens with zero attached hydrogens (tertiary/aromatic N) is 3. The van der Waals surface area contributed by atoms with Crippen molar-refractivity contribution in [1.82, 2.24) is 15.0 Å². The summed E-state index contributed by atoms with van der Waals surface area (Å²) in [6.45, 7) is 6.42. The Morgan fingerprint density at radius 2 is 2.00 bits per heavy atom. The molecule has 0 radical (unpaired) electrons. The van der Waals surface area contributed by atoms with Gasteiger partial charge in [0.1, 0.15) is 13.2 Å². The molecule has 0 aliphatic rings. The molecule has 7 nitrogen and oxygen atoms in total. The normalized spacial score (nSPS) is 10.6. The molecule has 0 fully saturated rings. The van der Waals surface area contributed by atoms with Gasteiger partial charge in [-0.25, -0.2) is 4.68 Å². The first-order valence-electron chi connectivity index (χ1n) is 6.70. The summed E-state index contributed by atoms with van der Waals surface area (Å²) >= 11 is 0. The number of rotatable bonds is 9. The number of ether oxygens (including phenoxy) is 2. The van der Waals surface area contributed by atoms with Crippen molar-refractivity contribution in [2.75, 3.05) is 19.8 Å². The van der Waals surface area contributed by atoms with Crippen LogP contribution in [0.1, 0.15) is 42.9 Å². The minimum absolute atomic E-state index is 0.0545. The van der Waals surface area contributed by atoms with Crippen LogP contribution in [0.15, 0.2) is 0 Å². The summed E-state index contributed by atoms with van der Waals surface area (Å²) in [5.74, 6) is -0.598. The van der Waals surface area contributed by atoms with Crippen molar-refractivity contribution >= 4 is 11.8 Å². The van der Waals surface area contributed by atoms with E-state index < -0.39 is 5.97 Å². The van der Waals surface area contributed by atoms with Crippen LogP contribution in [0.4, 0.5) is 0 Å². The number of carbonyl (C=O) groups excluding carboxylic acids is 2. The molecule has 0 N–H and O–H groups in total.